The number of nitrogens with zero attached hydrogens (tertiary/aromatic N) is 1. The average Bonchev–Trinajstić information content (AvgIpc) is 3.43. The van der Waals surface area contributed by atoms with Crippen molar-refractivity contribution in [2.75, 3.05) is 0 Å². The van der Waals surface area contributed by atoms with Gasteiger partial charge in [-0.05, 0) is 60.9 Å². The molecule has 2 aromatic rings. The zero-order valence-electron chi connectivity index (χ0n) is 16.4. The fourth-order valence-electron chi connectivity index (χ4n) is 5.54. The molecule has 2 aliphatic carbocycles. The molecule has 154 valence electrons. The first-order valence-corrected chi connectivity index (χ1v) is 11.2. The lowest BCUT2D eigenvalue weighted by molar-refractivity contribution is -0.154. The first kappa shape index (κ1) is 19.5. The average molecular weight is 468 g/mol. The molecule has 2 aromatic carbocycles. The highest BCUT2D eigenvalue weighted by Gasteiger charge is 2.62. The highest BCUT2D eigenvalue weighted by molar-refractivity contribution is 9.10. The summed E-state index contributed by atoms with van der Waals surface area (Å²) in [5.74, 6) is -0.514. The van der Waals surface area contributed by atoms with Crippen LogP contribution in [0.1, 0.15) is 24.8 Å². The topological polar surface area (TPSA) is 63.7 Å². The van der Waals surface area contributed by atoms with E-state index in [2.05, 4.69) is 15.9 Å². The fraction of sp³-hybridized carbons (Fsp3) is 0.375. The van der Waals surface area contributed by atoms with Gasteiger partial charge in [-0.15, -0.1) is 0 Å². The van der Waals surface area contributed by atoms with Crippen molar-refractivity contribution in [2.24, 2.45) is 23.7 Å². The van der Waals surface area contributed by atoms with Crippen LogP contribution in [-0.4, -0.2) is 28.7 Å². The Morgan fingerprint density at radius 3 is 2.17 bits per heavy atom. The number of carbonyl (C=O) groups excluding carboxylic acids is 3. The minimum absolute atomic E-state index is 0.189. The highest BCUT2D eigenvalue weighted by atomic mass is 79.9. The van der Waals surface area contributed by atoms with Gasteiger partial charge in [-0.1, -0.05) is 46.3 Å². The van der Waals surface area contributed by atoms with Crippen LogP contribution in [0, 0.1) is 23.7 Å². The zero-order chi connectivity index (χ0) is 20.8. The van der Waals surface area contributed by atoms with Crippen LogP contribution in [0.4, 0.5) is 0 Å². The maximum absolute atomic E-state index is 13.3. The molecule has 0 radical (unpaired) electrons. The molecule has 6 heteroatoms. The van der Waals surface area contributed by atoms with Crippen LogP contribution < -0.4 is 4.74 Å². The van der Waals surface area contributed by atoms with Crippen LogP contribution in [0.3, 0.4) is 0 Å². The van der Waals surface area contributed by atoms with Gasteiger partial charge in [0, 0.05) is 10.9 Å². The Bertz CT molecular complexity index is 962. The van der Waals surface area contributed by atoms with E-state index < -0.39 is 12.0 Å². The number of carbonyl (C=O) groups is 3. The summed E-state index contributed by atoms with van der Waals surface area (Å²) in [6.45, 7) is 0. The molecule has 5 nitrogen and oxygen atoms in total. The minimum atomic E-state index is -0.957. The van der Waals surface area contributed by atoms with Crippen molar-refractivity contribution in [3.05, 3.63) is 64.6 Å². The molecule has 3 aliphatic rings. The molecule has 2 amide bonds. The Labute approximate surface area is 183 Å². The monoisotopic (exact) mass is 467 g/mol. The summed E-state index contributed by atoms with van der Waals surface area (Å²) in [5.41, 5.74) is 0.885. The second kappa shape index (κ2) is 7.65. The molecule has 1 aliphatic heterocycles. The molecule has 2 saturated carbocycles. The molecule has 1 saturated heterocycles. The number of rotatable bonds is 5. The van der Waals surface area contributed by atoms with Crippen molar-refractivity contribution in [1.82, 2.24) is 4.90 Å². The molecular weight excluding hydrogens is 446 g/mol. The van der Waals surface area contributed by atoms with Gasteiger partial charge in [-0.2, -0.15) is 0 Å². The van der Waals surface area contributed by atoms with Crippen molar-refractivity contribution in [1.29, 1.82) is 0 Å². The number of esters is 1. The van der Waals surface area contributed by atoms with Gasteiger partial charge in [-0.25, -0.2) is 4.79 Å². The maximum atomic E-state index is 13.3. The summed E-state index contributed by atoms with van der Waals surface area (Å²) in [6.07, 6.45) is 3.23. The summed E-state index contributed by atoms with van der Waals surface area (Å²) in [4.78, 5) is 41.1. The Balaban J connectivity index is 1.45. The lowest BCUT2D eigenvalue weighted by Gasteiger charge is -2.26. The minimum Gasteiger partial charge on any atom is -0.425 e. The van der Waals surface area contributed by atoms with Crippen LogP contribution in [0.5, 0.6) is 5.75 Å². The predicted molar refractivity (Wildman–Crippen MR) is 113 cm³/mol. The highest BCUT2D eigenvalue weighted by Crippen LogP contribution is 2.56. The summed E-state index contributed by atoms with van der Waals surface area (Å²) in [6, 6.07) is 15.4. The molecule has 30 heavy (non-hydrogen) atoms. The fourth-order valence-corrected chi connectivity index (χ4v) is 5.81. The largest absolute Gasteiger partial charge is 0.425 e. The van der Waals surface area contributed by atoms with Crippen molar-refractivity contribution in [3.8, 4) is 5.75 Å². The van der Waals surface area contributed by atoms with E-state index in [0.29, 0.717) is 5.75 Å². The second-order valence-electron chi connectivity index (χ2n) is 8.51. The Morgan fingerprint density at radius 1 is 0.967 bits per heavy atom. The third-order valence-electron chi connectivity index (χ3n) is 6.85. The summed E-state index contributed by atoms with van der Waals surface area (Å²) in [7, 11) is 0. The van der Waals surface area contributed by atoms with Crippen molar-refractivity contribution >= 4 is 33.7 Å². The molecule has 0 spiro atoms. The summed E-state index contributed by atoms with van der Waals surface area (Å²) in [5, 5.41) is 0. The number of imide groups is 1. The number of hydrogen-bond acceptors (Lipinski definition) is 4. The van der Waals surface area contributed by atoms with E-state index in [1.165, 1.54) is 4.90 Å². The molecule has 2 bridgehead atoms. The normalized spacial score (nSPS) is 28.0. The van der Waals surface area contributed by atoms with Gasteiger partial charge in [-0.3, -0.25) is 14.5 Å². The van der Waals surface area contributed by atoms with Gasteiger partial charge in [0.2, 0.25) is 11.8 Å². The van der Waals surface area contributed by atoms with Gasteiger partial charge in [0.15, 0.2) is 0 Å². The van der Waals surface area contributed by atoms with E-state index in [-0.39, 0.29) is 41.9 Å². The van der Waals surface area contributed by atoms with Gasteiger partial charge < -0.3 is 4.74 Å². The number of fused-ring (bicyclic) bond motifs is 5. The van der Waals surface area contributed by atoms with Gasteiger partial charge in [0.05, 0.1) is 11.8 Å². The van der Waals surface area contributed by atoms with Gasteiger partial charge in [0.25, 0.3) is 0 Å². The maximum Gasteiger partial charge on any atom is 0.335 e. The molecule has 0 aromatic heterocycles. The smallest absolute Gasteiger partial charge is 0.335 e. The standard InChI is InChI=1S/C24H22BrNO4/c25-17-8-10-18(11-9-17)30-24(29)19(12-14-4-2-1-3-5-14)26-22(27)20-15-6-7-16(13-15)21(20)23(26)28/h1-5,8-11,15-16,19-21H,6-7,12-13H2/t15-,16+,19-,20-,21+/m1/s1. The van der Waals surface area contributed by atoms with E-state index in [9.17, 15) is 14.4 Å². The quantitative estimate of drug-likeness (QED) is 0.378. The number of halogens is 1. The van der Waals surface area contributed by atoms with Gasteiger partial charge >= 0.3 is 5.97 Å². The van der Waals surface area contributed by atoms with Crippen LogP contribution in [0.15, 0.2) is 59.1 Å². The lowest BCUT2D eigenvalue weighted by Crippen LogP contribution is -2.49. The Kier molecular flexibility index (Phi) is 4.97. The van der Waals surface area contributed by atoms with Crippen LogP contribution in [0.2, 0.25) is 0 Å². The van der Waals surface area contributed by atoms with Crippen LogP contribution in [-0.2, 0) is 20.8 Å². The molecule has 3 fully saturated rings. The number of hydrogen-bond donors (Lipinski definition) is 0. The number of amides is 2. The Morgan fingerprint density at radius 2 is 1.57 bits per heavy atom. The number of benzene rings is 2. The van der Waals surface area contributed by atoms with E-state index in [4.69, 9.17) is 4.74 Å². The van der Waals surface area contributed by atoms with Crippen molar-refractivity contribution < 1.29 is 19.1 Å². The van der Waals surface area contributed by atoms with E-state index in [1.54, 1.807) is 24.3 Å². The molecule has 5 rings (SSSR count). The molecular formula is C24H22BrNO4. The third-order valence-corrected chi connectivity index (χ3v) is 7.38. The predicted octanol–water partition coefficient (Wildman–Crippen LogP) is 4.00. The number of ether oxygens (including phenoxy) is 1. The van der Waals surface area contributed by atoms with E-state index >= 15 is 0 Å². The second-order valence-corrected chi connectivity index (χ2v) is 9.43. The Hall–Kier alpha value is -2.47. The van der Waals surface area contributed by atoms with Crippen molar-refractivity contribution in [3.63, 3.8) is 0 Å². The van der Waals surface area contributed by atoms with Crippen LogP contribution >= 0.6 is 15.9 Å². The third kappa shape index (κ3) is 3.27. The summed E-state index contributed by atoms with van der Waals surface area (Å²) < 4.78 is 6.47. The molecule has 0 N–H and O–H groups in total. The molecule has 1 heterocycles. The number of likely N-dealkylation sites (tertiary alicyclic amines) is 1. The van der Waals surface area contributed by atoms with E-state index in [0.717, 1.165) is 29.3 Å². The van der Waals surface area contributed by atoms with Gasteiger partial charge in [0.1, 0.15) is 11.8 Å². The summed E-state index contributed by atoms with van der Waals surface area (Å²) >= 11 is 3.36. The first-order valence-electron chi connectivity index (χ1n) is 10.4. The lowest BCUT2D eigenvalue weighted by atomic mass is 9.81. The van der Waals surface area contributed by atoms with Crippen LogP contribution in [0.25, 0.3) is 0 Å². The first-order chi connectivity index (χ1) is 14.5. The molecule has 5 atom stereocenters. The molecule has 0 unspecified atom stereocenters. The van der Waals surface area contributed by atoms with Crippen molar-refractivity contribution in [2.45, 2.75) is 31.7 Å². The van der Waals surface area contributed by atoms with E-state index in [1.807, 2.05) is 30.3 Å². The SMILES string of the molecule is O=C(Oc1ccc(Br)cc1)[C@@H](Cc1ccccc1)N1C(=O)[C@@H]2[C@@H]3CC[C@@H](C3)[C@@H]2C1=O. The zero-order valence-corrected chi connectivity index (χ0v) is 18.0.